The standard InChI is InChI=1S/C3H4N2OS/c6-5-4-2-1-3-7-5/h1-3,6H. The average molecular weight is 116 g/mol. The molecule has 0 saturated heterocycles. The minimum absolute atomic E-state index is 0.792. The van der Waals surface area contributed by atoms with Gasteiger partial charge in [0.15, 0.2) is 0 Å². The van der Waals surface area contributed by atoms with Crippen LogP contribution in [-0.2, 0) is 0 Å². The van der Waals surface area contributed by atoms with Crippen molar-refractivity contribution in [2.24, 2.45) is 5.10 Å². The third-order valence-corrected chi connectivity index (χ3v) is 1.05. The monoisotopic (exact) mass is 116 g/mol. The van der Waals surface area contributed by atoms with Crippen molar-refractivity contribution >= 4 is 18.2 Å². The van der Waals surface area contributed by atoms with Crippen molar-refractivity contribution in [3.05, 3.63) is 11.5 Å². The first-order valence-electron chi connectivity index (χ1n) is 1.74. The molecule has 1 rings (SSSR count). The zero-order valence-electron chi connectivity index (χ0n) is 3.48. The third-order valence-electron chi connectivity index (χ3n) is 0.485. The molecule has 1 N–H and O–H groups in total. The highest BCUT2D eigenvalue weighted by Crippen LogP contribution is 2.09. The van der Waals surface area contributed by atoms with E-state index >= 15 is 0 Å². The van der Waals surface area contributed by atoms with Gasteiger partial charge >= 0.3 is 0 Å². The van der Waals surface area contributed by atoms with E-state index in [-0.39, 0.29) is 0 Å². The number of hydrogen-bond donors (Lipinski definition) is 1. The van der Waals surface area contributed by atoms with Gasteiger partial charge in [-0.25, -0.2) is 0 Å². The van der Waals surface area contributed by atoms with Crippen LogP contribution in [0.4, 0.5) is 0 Å². The summed E-state index contributed by atoms with van der Waals surface area (Å²) in [6.45, 7) is 0. The summed E-state index contributed by atoms with van der Waals surface area (Å²) in [5.74, 6) is 0. The van der Waals surface area contributed by atoms with Gasteiger partial charge in [-0.1, -0.05) is 0 Å². The lowest BCUT2D eigenvalue weighted by molar-refractivity contribution is 0.0212. The van der Waals surface area contributed by atoms with E-state index in [9.17, 15) is 0 Å². The molecule has 3 nitrogen and oxygen atoms in total. The van der Waals surface area contributed by atoms with Crippen LogP contribution in [0.5, 0.6) is 0 Å². The fraction of sp³-hybridized carbons (Fsp3) is 0. The lowest BCUT2D eigenvalue weighted by Crippen LogP contribution is -2.00. The minimum atomic E-state index is 0.792. The second kappa shape index (κ2) is 1.99. The molecule has 0 aromatic rings. The molecule has 0 unspecified atom stereocenters. The number of nitrogens with zero attached hydrogens (tertiary/aromatic N) is 2. The molecule has 1 aliphatic rings. The average Bonchev–Trinajstić information content (AvgIpc) is 1.69. The maximum atomic E-state index is 8.46. The van der Waals surface area contributed by atoms with Crippen molar-refractivity contribution in [3.63, 3.8) is 0 Å². The van der Waals surface area contributed by atoms with Gasteiger partial charge < -0.3 is 0 Å². The van der Waals surface area contributed by atoms with Gasteiger partial charge in [0.05, 0.1) is 6.21 Å². The maximum Gasteiger partial charge on any atom is 0.0511 e. The van der Waals surface area contributed by atoms with Crippen molar-refractivity contribution in [2.45, 2.75) is 0 Å². The Balaban J connectivity index is 2.49. The molecular weight excluding hydrogens is 112 g/mol. The molecule has 0 aliphatic carbocycles. The lowest BCUT2D eigenvalue weighted by atomic mass is 10.7. The summed E-state index contributed by atoms with van der Waals surface area (Å²) in [6.07, 6.45) is 3.26. The number of rotatable bonds is 0. The van der Waals surface area contributed by atoms with Gasteiger partial charge in [-0.2, -0.15) is 0 Å². The Morgan fingerprint density at radius 3 is 2.86 bits per heavy atom. The summed E-state index contributed by atoms with van der Waals surface area (Å²) in [7, 11) is 0. The lowest BCUT2D eigenvalue weighted by Gasteiger charge is -2.05. The summed E-state index contributed by atoms with van der Waals surface area (Å²) in [5, 5.41) is 13.7. The van der Waals surface area contributed by atoms with Crippen LogP contribution in [0.3, 0.4) is 0 Å². The number of hydrazone groups is 1. The molecule has 0 aromatic heterocycles. The van der Waals surface area contributed by atoms with Crippen LogP contribution < -0.4 is 0 Å². The fourth-order valence-electron chi connectivity index (χ4n) is 0.247. The van der Waals surface area contributed by atoms with E-state index in [4.69, 9.17) is 5.21 Å². The number of hydrogen-bond acceptors (Lipinski definition) is 4. The molecule has 0 saturated carbocycles. The molecular formula is C3H4N2OS. The minimum Gasteiger partial charge on any atom is -0.261 e. The second-order valence-corrected chi connectivity index (χ2v) is 1.76. The zero-order chi connectivity index (χ0) is 5.11. The van der Waals surface area contributed by atoms with Gasteiger partial charge in [0, 0.05) is 11.9 Å². The SMILES string of the molecule is ON1N=CC=CS1. The van der Waals surface area contributed by atoms with E-state index in [1.54, 1.807) is 11.5 Å². The van der Waals surface area contributed by atoms with Crippen LogP contribution in [0.25, 0.3) is 0 Å². The summed E-state index contributed by atoms with van der Waals surface area (Å²) in [4.78, 5) is 0. The fourth-order valence-corrected chi connectivity index (χ4v) is 0.606. The first-order valence-corrected chi connectivity index (χ1v) is 2.58. The molecule has 1 aliphatic heterocycles. The van der Waals surface area contributed by atoms with E-state index in [0.29, 0.717) is 0 Å². The van der Waals surface area contributed by atoms with Crippen molar-refractivity contribution in [1.29, 1.82) is 0 Å². The molecule has 0 spiro atoms. The van der Waals surface area contributed by atoms with Gasteiger partial charge in [-0.15, -0.1) is 9.68 Å². The summed E-state index contributed by atoms with van der Waals surface area (Å²) in [5.41, 5.74) is 0. The normalized spacial score (nSPS) is 18.1. The van der Waals surface area contributed by atoms with Gasteiger partial charge in [-0.3, -0.25) is 5.21 Å². The largest absolute Gasteiger partial charge is 0.261 e. The zero-order valence-corrected chi connectivity index (χ0v) is 4.30. The van der Waals surface area contributed by atoms with Crippen LogP contribution in [0.1, 0.15) is 0 Å². The Labute approximate surface area is 45.4 Å². The van der Waals surface area contributed by atoms with Crippen LogP contribution in [0.15, 0.2) is 16.6 Å². The first kappa shape index (κ1) is 4.67. The van der Waals surface area contributed by atoms with Crippen molar-refractivity contribution in [1.82, 2.24) is 4.58 Å². The Morgan fingerprint density at radius 2 is 2.57 bits per heavy atom. The van der Waals surface area contributed by atoms with Crippen molar-refractivity contribution < 1.29 is 5.21 Å². The third kappa shape index (κ3) is 1.21. The highest BCUT2D eigenvalue weighted by Gasteiger charge is 1.91. The van der Waals surface area contributed by atoms with E-state index in [1.165, 1.54) is 6.21 Å². The Morgan fingerprint density at radius 1 is 1.71 bits per heavy atom. The first-order chi connectivity index (χ1) is 3.39. The topological polar surface area (TPSA) is 35.8 Å². The smallest absolute Gasteiger partial charge is 0.0511 e. The molecule has 0 fully saturated rings. The molecule has 0 amide bonds. The Hall–Kier alpha value is -0.480. The Bertz CT molecular complexity index is 112. The van der Waals surface area contributed by atoms with Gasteiger partial charge in [0.1, 0.15) is 0 Å². The van der Waals surface area contributed by atoms with Crippen LogP contribution in [0, 0.1) is 0 Å². The molecule has 0 atom stereocenters. The molecule has 0 aromatic carbocycles. The second-order valence-electron chi connectivity index (χ2n) is 0.951. The van der Waals surface area contributed by atoms with E-state index in [1.807, 2.05) is 0 Å². The number of allylic oxidation sites excluding steroid dienone is 1. The highest BCUT2D eigenvalue weighted by molar-refractivity contribution is 7.99. The van der Waals surface area contributed by atoms with Crippen LogP contribution >= 0.6 is 11.9 Å². The molecule has 1 heterocycles. The van der Waals surface area contributed by atoms with E-state index < -0.39 is 0 Å². The molecule has 4 heteroatoms. The predicted molar refractivity (Wildman–Crippen MR) is 28.8 cm³/mol. The molecule has 0 radical (unpaired) electrons. The van der Waals surface area contributed by atoms with Crippen LogP contribution in [-0.4, -0.2) is 16.0 Å². The Kier molecular flexibility index (Phi) is 1.33. The summed E-state index contributed by atoms with van der Waals surface area (Å²) >= 11 is 1.13. The summed E-state index contributed by atoms with van der Waals surface area (Å²) < 4.78 is 0.792. The van der Waals surface area contributed by atoms with E-state index in [0.717, 1.165) is 16.5 Å². The van der Waals surface area contributed by atoms with Gasteiger partial charge in [0.25, 0.3) is 0 Å². The molecule has 7 heavy (non-hydrogen) atoms. The van der Waals surface area contributed by atoms with Crippen LogP contribution in [0.2, 0.25) is 0 Å². The predicted octanol–water partition coefficient (Wildman–Crippen LogP) is 0.839. The summed E-state index contributed by atoms with van der Waals surface area (Å²) in [6, 6.07) is 0. The molecule has 0 bridgehead atoms. The van der Waals surface area contributed by atoms with Crippen molar-refractivity contribution in [2.75, 3.05) is 0 Å². The van der Waals surface area contributed by atoms with Crippen molar-refractivity contribution in [3.8, 4) is 0 Å². The van der Waals surface area contributed by atoms with Gasteiger partial charge in [0.2, 0.25) is 0 Å². The maximum absolute atomic E-state index is 8.46. The molecule has 38 valence electrons. The van der Waals surface area contributed by atoms with E-state index in [2.05, 4.69) is 5.10 Å². The quantitative estimate of drug-likeness (QED) is 0.476. The van der Waals surface area contributed by atoms with Gasteiger partial charge in [-0.05, 0) is 11.5 Å². The highest BCUT2D eigenvalue weighted by atomic mass is 32.2.